The summed E-state index contributed by atoms with van der Waals surface area (Å²) in [6.07, 6.45) is 0.534. The second kappa shape index (κ2) is 6.85. The molecule has 0 aliphatic heterocycles. The molecule has 1 rings (SSSR count). The lowest BCUT2D eigenvalue weighted by atomic mass is 9.85. The number of amides is 1. The van der Waals surface area contributed by atoms with E-state index < -0.39 is 22.3 Å². The first-order valence-corrected chi connectivity index (χ1v) is 7.01. The molecule has 0 bridgehead atoms. The molecular formula is C14H18ClFN2O3. The number of alkyl halides is 1. The molecule has 1 aromatic carbocycles. The average Bonchev–Trinajstić information content (AvgIpc) is 2.36. The summed E-state index contributed by atoms with van der Waals surface area (Å²) in [4.78, 5) is 22.4. The Bertz CT molecular complexity index is 544. The maximum Gasteiger partial charge on any atom is 0.285 e. The average molecular weight is 317 g/mol. The van der Waals surface area contributed by atoms with Gasteiger partial charge in [-0.15, -0.1) is 11.6 Å². The summed E-state index contributed by atoms with van der Waals surface area (Å²) in [5, 5.41) is 13.7. The number of carbonyl (C=O) groups is 1. The fourth-order valence-electron chi connectivity index (χ4n) is 1.91. The van der Waals surface area contributed by atoms with Crippen LogP contribution in [0, 0.1) is 21.3 Å². The Labute approximate surface area is 127 Å². The van der Waals surface area contributed by atoms with Crippen molar-refractivity contribution < 1.29 is 14.1 Å². The monoisotopic (exact) mass is 316 g/mol. The largest absolute Gasteiger partial charge is 0.349 e. The van der Waals surface area contributed by atoms with Gasteiger partial charge in [0.2, 0.25) is 0 Å². The number of rotatable bonds is 5. The number of hydrogen-bond donors (Lipinski definition) is 1. The van der Waals surface area contributed by atoms with Crippen LogP contribution in [-0.2, 0) is 0 Å². The number of nitrogens with one attached hydrogen (secondary N) is 1. The molecule has 0 radical (unpaired) electrons. The minimum absolute atomic E-state index is 0.162. The van der Waals surface area contributed by atoms with Crippen LogP contribution in [-0.4, -0.2) is 22.8 Å². The van der Waals surface area contributed by atoms with E-state index in [2.05, 4.69) is 5.32 Å². The topological polar surface area (TPSA) is 72.2 Å². The number of carbonyl (C=O) groups excluding carboxylic acids is 1. The minimum Gasteiger partial charge on any atom is -0.349 e. The van der Waals surface area contributed by atoms with Gasteiger partial charge in [0.25, 0.3) is 11.6 Å². The normalized spacial score (nSPS) is 12.8. The summed E-state index contributed by atoms with van der Waals surface area (Å²) in [5.41, 5.74) is -0.962. The van der Waals surface area contributed by atoms with Crippen molar-refractivity contribution in [2.24, 2.45) is 5.41 Å². The highest BCUT2D eigenvalue weighted by Crippen LogP contribution is 2.24. The molecule has 1 amide bonds. The van der Waals surface area contributed by atoms with Crippen LogP contribution in [0.3, 0.4) is 0 Å². The van der Waals surface area contributed by atoms with Gasteiger partial charge in [0.1, 0.15) is 11.4 Å². The van der Waals surface area contributed by atoms with Crippen molar-refractivity contribution in [2.45, 2.75) is 33.2 Å². The molecule has 116 valence electrons. The number of nitrogens with zero attached hydrogens (tertiary/aromatic N) is 1. The van der Waals surface area contributed by atoms with Gasteiger partial charge in [-0.05, 0) is 24.0 Å². The molecule has 0 aromatic heterocycles. The van der Waals surface area contributed by atoms with Gasteiger partial charge in [0.15, 0.2) is 0 Å². The van der Waals surface area contributed by atoms with Crippen LogP contribution >= 0.6 is 11.6 Å². The molecule has 1 atom stereocenters. The maximum atomic E-state index is 13.1. The van der Waals surface area contributed by atoms with E-state index in [9.17, 15) is 19.3 Å². The Morgan fingerprint density at radius 1 is 1.48 bits per heavy atom. The lowest BCUT2D eigenvalue weighted by Gasteiger charge is -2.31. The summed E-state index contributed by atoms with van der Waals surface area (Å²) >= 11 is 5.73. The van der Waals surface area contributed by atoms with Crippen molar-refractivity contribution in [3.05, 3.63) is 39.7 Å². The highest BCUT2D eigenvalue weighted by Gasteiger charge is 2.28. The molecular weight excluding hydrogens is 299 g/mol. The smallest absolute Gasteiger partial charge is 0.285 e. The van der Waals surface area contributed by atoms with E-state index >= 15 is 0 Å². The van der Waals surface area contributed by atoms with Crippen LogP contribution in [0.15, 0.2) is 18.2 Å². The second-order valence-corrected chi connectivity index (χ2v) is 6.17. The molecule has 0 saturated heterocycles. The summed E-state index contributed by atoms with van der Waals surface area (Å²) in [5.74, 6) is -1.01. The van der Waals surface area contributed by atoms with Gasteiger partial charge in [0.05, 0.1) is 11.0 Å². The van der Waals surface area contributed by atoms with Gasteiger partial charge in [-0.2, -0.15) is 0 Å². The van der Waals surface area contributed by atoms with E-state index in [1.54, 1.807) is 0 Å². The molecule has 0 fully saturated rings. The van der Waals surface area contributed by atoms with Gasteiger partial charge in [-0.25, -0.2) is 4.39 Å². The Morgan fingerprint density at radius 2 is 2.10 bits per heavy atom. The Balaban J connectivity index is 3.06. The van der Waals surface area contributed by atoms with Crippen molar-refractivity contribution in [2.75, 3.05) is 5.88 Å². The minimum atomic E-state index is -0.772. The third-order valence-corrected chi connectivity index (χ3v) is 3.37. The van der Waals surface area contributed by atoms with Crippen molar-refractivity contribution in [3.8, 4) is 0 Å². The molecule has 0 spiro atoms. The Hall–Kier alpha value is -1.69. The summed E-state index contributed by atoms with van der Waals surface area (Å²) in [6, 6.07) is 2.63. The molecule has 5 nitrogen and oxygen atoms in total. The number of nitro benzene ring substituents is 1. The van der Waals surface area contributed by atoms with Gasteiger partial charge < -0.3 is 5.32 Å². The third-order valence-electron chi connectivity index (χ3n) is 3.15. The van der Waals surface area contributed by atoms with Crippen LogP contribution in [0.2, 0.25) is 0 Å². The van der Waals surface area contributed by atoms with Crippen LogP contribution in [0.4, 0.5) is 10.1 Å². The zero-order chi connectivity index (χ0) is 16.2. The fourth-order valence-corrected chi connectivity index (χ4v) is 2.13. The lowest BCUT2D eigenvalue weighted by Crippen LogP contribution is -2.44. The first kappa shape index (κ1) is 17.4. The standard InChI is InChI=1S/C14H18ClFN2O3/c1-14(2,3)12(6-7-15)17-13(19)10-5-4-9(16)8-11(10)18(20)21/h4-5,8,12H,6-7H2,1-3H3,(H,17,19). The molecule has 0 saturated carbocycles. The molecule has 21 heavy (non-hydrogen) atoms. The van der Waals surface area contributed by atoms with E-state index in [0.717, 1.165) is 18.2 Å². The third kappa shape index (κ3) is 4.67. The number of nitro groups is 1. The highest BCUT2D eigenvalue weighted by atomic mass is 35.5. The van der Waals surface area contributed by atoms with Crippen molar-refractivity contribution >= 4 is 23.2 Å². The summed E-state index contributed by atoms with van der Waals surface area (Å²) in [7, 11) is 0. The Kier molecular flexibility index (Phi) is 5.66. The lowest BCUT2D eigenvalue weighted by molar-refractivity contribution is -0.385. The van der Waals surface area contributed by atoms with Crippen molar-refractivity contribution in [1.82, 2.24) is 5.32 Å². The molecule has 7 heteroatoms. The molecule has 0 heterocycles. The van der Waals surface area contributed by atoms with E-state index in [4.69, 9.17) is 11.6 Å². The van der Waals surface area contributed by atoms with Crippen molar-refractivity contribution in [1.29, 1.82) is 0 Å². The number of benzene rings is 1. The quantitative estimate of drug-likeness (QED) is 0.513. The zero-order valence-corrected chi connectivity index (χ0v) is 12.9. The van der Waals surface area contributed by atoms with Gasteiger partial charge in [-0.1, -0.05) is 20.8 Å². The van der Waals surface area contributed by atoms with Crippen LogP contribution in [0.5, 0.6) is 0 Å². The number of hydrogen-bond acceptors (Lipinski definition) is 3. The Morgan fingerprint density at radius 3 is 2.57 bits per heavy atom. The predicted molar refractivity (Wildman–Crippen MR) is 79.1 cm³/mol. The van der Waals surface area contributed by atoms with Gasteiger partial charge in [0, 0.05) is 11.9 Å². The number of halogens is 2. The maximum absolute atomic E-state index is 13.1. The van der Waals surface area contributed by atoms with Crippen LogP contribution in [0.25, 0.3) is 0 Å². The van der Waals surface area contributed by atoms with Crippen LogP contribution < -0.4 is 5.32 Å². The predicted octanol–water partition coefficient (Wildman–Crippen LogP) is 3.51. The van der Waals surface area contributed by atoms with Crippen LogP contribution in [0.1, 0.15) is 37.6 Å². The van der Waals surface area contributed by atoms with E-state index in [0.29, 0.717) is 12.3 Å². The zero-order valence-electron chi connectivity index (χ0n) is 12.2. The molecule has 0 aliphatic carbocycles. The highest BCUT2D eigenvalue weighted by molar-refractivity contribution is 6.17. The van der Waals surface area contributed by atoms with Crippen molar-refractivity contribution in [3.63, 3.8) is 0 Å². The molecule has 1 aromatic rings. The SMILES string of the molecule is CC(C)(C)C(CCCl)NC(=O)c1ccc(F)cc1[N+](=O)[O-]. The second-order valence-electron chi connectivity index (χ2n) is 5.79. The first-order valence-electron chi connectivity index (χ1n) is 6.47. The fraction of sp³-hybridized carbons (Fsp3) is 0.500. The van der Waals surface area contributed by atoms with E-state index in [1.165, 1.54) is 0 Å². The first-order chi connectivity index (χ1) is 9.66. The summed E-state index contributed by atoms with van der Waals surface area (Å²) in [6.45, 7) is 5.80. The molecule has 0 aliphatic rings. The molecule has 1 unspecified atom stereocenters. The van der Waals surface area contributed by atoms with E-state index in [1.807, 2.05) is 20.8 Å². The van der Waals surface area contributed by atoms with Gasteiger partial charge >= 0.3 is 0 Å². The van der Waals surface area contributed by atoms with E-state index in [-0.39, 0.29) is 17.0 Å². The van der Waals surface area contributed by atoms with Gasteiger partial charge in [-0.3, -0.25) is 14.9 Å². The summed E-state index contributed by atoms with van der Waals surface area (Å²) < 4.78 is 13.1. The molecule has 1 N–H and O–H groups in total.